The minimum absolute atomic E-state index is 0.330. The first-order chi connectivity index (χ1) is 15.6. The molecule has 5 rings (SSSR count). The molecule has 0 amide bonds. The van der Waals surface area contributed by atoms with E-state index in [1.807, 2.05) is 18.5 Å². The van der Waals surface area contributed by atoms with Crippen LogP contribution in [0.2, 0.25) is 0 Å². The van der Waals surface area contributed by atoms with Crippen molar-refractivity contribution in [3.05, 3.63) is 42.4 Å². The van der Waals surface area contributed by atoms with Gasteiger partial charge in [-0.25, -0.2) is 9.97 Å². The molecule has 0 unspecified atom stereocenters. The molecule has 166 valence electrons. The Morgan fingerprint density at radius 1 is 1.16 bits per heavy atom. The number of rotatable bonds is 6. The number of allylic oxidation sites excluding steroid dienone is 1. The molecule has 32 heavy (non-hydrogen) atoms. The number of pyridine rings is 1. The second-order valence-corrected chi connectivity index (χ2v) is 8.57. The Hall–Kier alpha value is -3.26. The van der Waals surface area contributed by atoms with Gasteiger partial charge in [-0.2, -0.15) is 4.98 Å². The molecule has 3 aromatic heterocycles. The number of aromatic nitrogens is 4. The van der Waals surface area contributed by atoms with Gasteiger partial charge in [0.2, 0.25) is 5.95 Å². The maximum Gasteiger partial charge on any atom is 0.227 e. The summed E-state index contributed by atoms with van der Waals surface area (Å²) in [6.07, 6.45) is 12.4. The molecule has 1 fully saturated rings. The quantitative estimate of drug-likeness (QED) is 0.629. The van der Waals surface area contributed by atoms with Crippen LogP contribution in [0.5, 0.6) is 0 Å². The number of aliphatic imine (C=N–C) groups is 1. The number of ether oxygens (including phenoxy) is 1. The highest BCUT2D eigenvalue weighted by atomic mass is 16.5. The van der Waals surface area contributed by atoms with Crippen LogP contribution in [0.3, 0.4) is 0 Å². The largest absolute Gasteiger partial charge is 0.381 e. The highest BCUT2D eigenvalue weighted by Crippen LogP contribution is 2.31. The van der Waals surface area contributed by atoms with Crippen molar-refractivity contribution in [1.82, 2.24) is 19.5 Å². The van der Waals surface area contributed by atoms with E-state index >= 15 is 0 Å². The minimum atomic E-state index is 0.330. The number of methoxy groups -OCH3 is 1. The third-order valence-corrected chi connectivity index (χ3v) is 6.19. The fourth-order valence-electron chi connectivity index (χ4n) is 4.40. The van der Waals surface area contributed by atoms with Crippen LogP contribution in [0.15, 0.2) is 41.8 Å². The molecule has 0 atom stereocenters. The van der Waals surface area contributed by atoms with Gasteiger partial charge in [0.25, 0.3) is 0 Å². The summed E-state index contributed by atoms with van der Waals surface area (Å²) in [4.78, 5) is 20.5. The van der Waals surface area contributed by atoms with E-state index in [2.05, 4.69) is 61.9 Å². The van der Waals surface area contributed by atoms with E-state index in [4.69, 9.17) is 9.72 Å². The van der Waals surface area contributed by atoms with Crippen LogP contribution in [0.4, 0.5) is 17.6 Å². The van der Waals surface area contributed by atoms with Crippen LogP contribution in [0.25, 0.3) is 16.5 Å². The maximum absolute atomic E-state index is 5.47. The summed E-state index contributed by atoms with van der Waals surface area (Å²) in [6.45, 7) is 6.93. The van der Waals surface area contributed by atoms with Gasteiger partial charge in [-0.15, -0.1) is 0 Å². The lowest BCUT2D eigenvalue weighted by molar-refractivity contribution is 0.0816. The van der Waals surface area contributed by atoms with Crippen LogP contribution in [0, 0.1) is 0 Å². The number of fused-ring (bicyclic) bond motifs is 1. The summed E-state index contributed by atoms with van der Waals surface area (Å²) in [7, 11) is 1.78. The fourth-order valence-corrected chi connectivity index (χ4v) is 4.40. The van der Waals surface area contributed by atoms with Gasteiger partial charge in [-0.1, -0.05) is 6.08 Å². The van der Waals surface area contributed by atoms with Crippen LogP contribution in [-0.4, -0.2) is 58.6 Å². The van der Waals surface area contributed by atoms with Gasteiger partial charge in [0.15, 0.2) is 0 Å². The molecule has 0 bridgehead atoms. The van der Waals surface area contributed by atoms with Gasteiger partial charge in [-0.05, 0) is 38.3 Å². The summed E-state index contributed by atoms with van der Waals surface area (Å²) < 4.78 is 7.76. The summed E-state index contributed by atoms with van der Waals surface area (Å²) >= 11 is 0. The van der Waals surface area contributed by atoms with Gasteiger partial charge < -0.3 is 19.5 Å². The minimum Gasteiger partial charge on any atom is -0.381 e. The highest BCUT2D eigenvalue weighted by molar-refractivity contribution is 6.16. The molecule has 8 nitrogen and oxygen atoms in total. The third kappa shape index (κ3) is 3.98. The number of piperidine rings is 1. The average molecular weight is 432 g/mol. The zero-order valence-electron chi connectivity index (χ0n) is 18.8. The number of anilines is 3. The van der Waals surface area contributed by atoms with E-state index in [1.165, 1.54) is 5.56 Å². The lowest BCUT2D eigenvalue weighted by Gasteiger charge is -2.31. The van der Waals surface area contributed by atoms with Crippen LogP contribution in [0.1, 0.15) is 38.3 Å². The Balaban J connectivity index is 1.41. The van der Waals surface area contributed by atoms with E-state index in [0.29, 0.717) is 12.1 Å². The SMILES string of the molecule is COC1CCN(c2nccc(Nc3cc4c(cn3)c(C3=CCN=C3)cn4C(C)C)n2)CC1. The van der Waals surface area contributed by atoms with Crippen LogP contribution < -0.4 is 10.2 Å². The van der Waals surface area contributed by atoms with E-state index in [1.54, 1.807) is 13.3 Å². The van der Waals surface area contributed by atoms with Gasteiger partial charge in [-0.3, -0.25) is 4.99 Å². The van der Waals surface area contributed by atoms with Gasteiger partial charge in [0, 0.05) is 68.1 Å². The van der Waals surface area contributed by atoms with Crippen molar-refractivity contribution in [3.63, 3.8) is 0 Å². The smallest absolute Gasteiger partial charge is 0.227 e. The standard InChI is InChI=1S/C24H29N7O/c1-16(2)31-15-20(17-4-8-25-13-17)19-14-27-23(12-21(19)31)28-22-5-9-26-24(29-22)30-10-6-18(32-3)7-11-30/h4-5,9,12-16,18H,6-8,10-11H2,1-3H3,(H,26,27,28,29). The van der Waals surface area contributed by atoms with Crippen LogP contribution >= 0.6 is 0 Å². The molecule has 2 aliphatic rings. The zero-order chi connectivity index (χ0) is 22.1. The Kier molecular flexibility index (Phi) is 5.61. The molecule has 0 spiro atoms. The Morgan fingerprint density at radius 3 is 2.72 bits per heavy atom. The molecule has 0 radical (unpaired) electrons. The normalized spacial score (nSPS) is 16.9. The maximum atomic E-state index is 5.47. The van der Waals surface area contributed by atoms with Crippen molar-refractivity contribution in [2.75, 3.05) is 37.0 Å². The lowest BCUT2D eigenvalue weighted by atomic mass is 10.1. The summed E-state index contributed by atoms with van der Waals surface area (Å²) in [6, 6.07) is 4.31. The highest BCUT2D eigenvalue weighted by Gasteiger charge is 2.21. The second kappa shape index (κ2) is 8.70. The van der Waals surface area contributed by atoms with E-state index in [9.17, 15) is 0 Å². The zero-order valence-corrected chi connectivity index (χ0v) is 18.8. The van der Waals surface area contributed by atoms with Gasteiger partial charge in [0.05, 0.1) is 18.2 Å². The van der Waals surface area contributed by atoms with E-state index in [-0.39, 0.29) is 0 Å². The summed E-state index contributed by atoms with van der Waals surface area (Å²) in [5, 5.41) is 4.51. The molecule has 5 heterocycles. The van der Waals surface area contributed by atoms with E-state index < -0.39 is 0 Å². The first-order valence-electron chi connectivity index (χ1n) is 11.2. The molecule has 2 aliphatic heterocycles. The van der Waals surface area contributed by atoms with Crippen molar-refractivity contribution in [1.29, 1.82) is 0 Å². The number of hydrogen-bond acceptors (Lipinski definition) is 7. The number of hydrogen-bond donors (Lipinski definition) is 1. The molecule has 1 N–H and O–H groups in total. The van der Waals surface area contributed by atoms with Crippen LogP contribution in [-0.2, 0) is 4.74 Å². The first kappa shape index (κ1) is 20.6. The molecule has 0 aliphatic carbocycles. The molecular formula is C24H29N7O. The fraction of sp³-hybridized carbons (Fsp3) is 0.417. The molecule has 0 aromatic carbocycles. The predicted octanol–water partition coefficient (Wildman–Crippen LogP) is 4.23. The molecular weight excluding hydrogens is 402 g/mol. The van der Waals surface area contributed by atoms with E-state index in [0.717, 1.165) is 66.5 Å². The third-order valence-electron chi connectivity index (χ3n) is 6.19. The second-order valence-electron chi connectivity index (χ2n) is 8.57. The molecule has 0 saturated carbocycles. The van der Waals surface area contributed by atoms with Crippen molar-refractivity contribution >= 4 is 40.3 Å². The summed E-state index contributed by atoms with van der Waals surface area (Å²) in [5.41, 5.74) is 3.48. The van der Waals surface area contributed by atoms with Crippen molar-refractivity contribution in [3.8, 4) is 0 Å². The average Bonchev–Trinajstić information content (AvgIpc) is 3.47. The van der Waals surface area contributed by atoms with Crippen molar-refractivity contribution in [2.24, 2.45) is 4.99 Å². The molecule has 8 heteroatoms. The molecule has 1 saturated heterocycles. The van der Waals surface area contributed by atoms with Crippen molar-refractivity contribution in [2.45, 2.75) is 38.8 Å². The van der Waals surface area contributed by atoms with Gasteiger partial charge >= 0.3 is 0 Å². The number of nitrogens with zero attached hydrogens (tertiary/aromatic N) is 6. The number of nitrogens with one attached hydrogen (secondary N) is 1. The molecule has 3 aromatic rings. The van der Waals surface area contributed by atoms with Crippen molar-refractivity contribution < 1.29 is 4.74 Å². The first-order valence-corrected chi connectivity index (χ1v) is 11.2. The Bertz CT molecular complexity index is 1170. The van der Waals surface area contributed by atoms with Gasteiger partial charge in [0.1, 0.15) is 11.6 Å². The Labute approximate surface area is 188 Å². The monoisotopic (exact) mass is 431 g/mol. The Morgan fingerprint density at radius 2 is 2.00 bits per heavy atom. The summed E-state index contributed by atoms with van der Waals surface area (Å²) in [5.74, 6) is 2.25. The lowest BCUT2D eigenvalue weighted by Crippen LogP contribution is -2.37. The predicted molar refractivity (Wildman–Crippen MR) is 129 cm³/mol. The topological polar surface area (TPSA) is 80.5 Å².